The molecule has 100 valence electrons. The molecule has 0 saturated heterocycles. The SMILES string of the molecule is Cc1cc(F)cc(NC(=O)CCCNC(C)C)c1. The third-order valence-corrected chi connectivity index (χ3v) is 2.46. The van der Waals surface area contributed by atoms with Crippen LogP contribution < -0.4 is 10.6 Å². The van der Waals surface area contributed by atoms with Gasteiger partial charge in [-0.1, -0.05) is 13.8 Å². The van der Waals surface area contributed by atoms with Crippen LogP contribution >= 0.6 is 0 Å². The van der Waals surface area contributed by atoms with Gasteiger partial charge in [-0.3, -0.25) is 4.79 Å². The summed E-state index contributed by atoms with van der Waals surface area (Å²) in [7, 11) is 0. The van der Waals surface area contributed by atoms with Gasteiger partial charge in [-0.15, -0.1) is 0 Å². The van der Waals surface area contributed by atoms with E-state index in [4.69, 9.17) is 0 Å². The van der Waals surface area contributed by atoms with E-state index in [2.05, 4.69) is 24.5 Å². The molecular formula is C14H21FN2O. The Hall–Kier alpha value is -1.42. The second-order valence-electron chi connectivity index (χ2n) is 4.78. The third-order valence-electron chi connectivity index (χ3n) is 2.46. The summed E-state index contributed by atoms with van der Waals surface area (Å²) in [6, 6.07) is 4.95. The number of nitrogens with one attached hydrogen (secondary N) is 2. The first-order valence-corrected chi connectivity index (χ1v) is 6.28. The van der Waals surface area contributed by atoms with E-state index in [9.17, 15) is 9.18 Å². The number of benzene rings is 1. The minimum Gasteiger partial charge on any atom is -0.326 e. The molecule has 0 atom stereocenters. The zero-order chi connectivity index (χ0) is 13.5. The first-order valence-electron chi connectivity index (χ1n) is 6.28. The maximum absolute atomic E-state index is 13.1. The lowest BCUT2D eigenvalue weighted by Gasteiger charge is -2.08. The lowest BCUT2D eigenvalue weighted by atomic mass is 10.2. The van der Waals surface area contributed by atoms with Gasteiger partial charge in [0, 0.05) is 18.2 Å². The molecule has 4 heteroatoms. The van der Waals surface area contributed by atoms with Crippen LogP contribution in [-0.4, -0.2) is 18.5 Å². The largest absolute Gasteiger partial charge is 0.326 e. The number of anilines is 1. The first kappa shape index (κ1) is 14.6. The minimum atomic E-state index is -0.327. The summed E-state index contributed by atoms with van der Waals surface area (Å²) in [5.41, 5.74) is 1.32. The van der Waals surface area contributed by atoms with Crippen LogP contribution in [0.5, 0.6) is 0 Å². The van der Waals surface area contributed by atoms with Crippen LogP contribution in [-0.2, 0) is 4.79 Å². The zero-order valence-electron chi connectivity index (χ0n) is 11.2. The van der Waals surface area contributed by atoms with E-state index < -0.39 is 0 Å². The van der Waals surface area contributed by atoms with Crippen LogP contribution in [0.15, 0.2) is 18.2 Å². The highest BCUT2D eigenvalue weighted by atomic mass is 19.1. The second-order valence-corrected chi connectivity index (χ2v) is 4.78. The molecule has 1 aromatic rings. The van der Waals surface area contributed by atoms with Gasteiger partial charge in [0.1, 0.15) is 5.82 Å². The average molecular weight is 252 g/mol. The monoisotopic (exact) mass is 252 g/mol. The second kappa shape index (κ2) is 7.11. The van der Waals surface area contributed by atoms with Crippen molar-refractivity contribution in [2.75, 3.05) is 11.9 Å². The van der Waals surface area contributed by atoms with Crippen molar-refractivity contribution >= 4 is 11.6 Å². The van der Waals surface area contributed by atoms with Crippen LogP contribution in [0.4, 0.5) is 10.1 Å². The molecule has 0 aliphatic heterocycles. The van der Waals surface area contributed by atoms with Crippen molar-refractivity contribution in [3.63, 3.8) is 0 Å². The van der Waals surface area contributed by atoms with Crippen molar-refractivity contribution in [2.24, 2.45) is 0 Å². The topological polar surface area (TPSA) is 41.1 Å². The summed E-state index contributed by atoms with van der Waals surface area (Å²) in [6.45, 7) is 6.74. The standard InChI is InChI=1S/C14H21FN2O/c1-10(2)16-6-4-5-14(18)17-13-8-11(3)7-12(15)9-13/h7-10,16H,4-6H2,1-3H3,(H,17,18). The summed E-state index contributed by atoms with van der Waals surface area (Å²) in [6.07, 6.45) is 1.22. The van der Waals surface area contributed by atoms with Gasteiger partial charge in [-0.2, -0.15) is 0 Å². The van der Waals surface area contributed by atoms with E-state index in [-0.39, 0.29) is 11.7 Å². The van der Waals surface area contributed by atoms with Gasteiger partial charge >= 0.3 is 0 Å². The van der Waals surface area contributed by atoms with Crippen LogP contribution in [0, 0.1) is 12.7 Å². The number of halogens is 1. The highest BCUT2D eigenvalue weighted by molar-refractivity contribution is 5.90. The summed E-state index contributed by atoms with van der Waals surface area (Å²) >= 11 is 0. The normalized spacial score (nSPS) is 10.7. The van der Waals surface area contributed by atoms with Gasteiger partial charge in [-0.25, -0.2) is 4.39 Å². The predicted octanol–water partition coefficient (Wildman–Crippen LogP) is 2.85. The van der Waals surface area contributed by atoms with Gasteiger partial charge in [0.05, 0.1) is 0 Å². The van der Waals surface area contributed by atoms with Gasteiger partial charge in [0.2, 0.25) is 5.91 Å². The molecule has 0 spiro atoms. The van der Waals surface area contributed by atoms with Crippen molar-refractivity contribution < 1.29 is 9.18 Å². The number of amides is 1. The summed E-state index contributed by atoms with van der Waals surface area (Å²) < 4.78 is 13.1. The molecule has 0 unspecified atom stereocenters. The van der Waals surface area contributed by atoms with Crippen LogP contribution in [0.3, 0.4) is 0 Å². The lowest BCUT2D eigenvalue weighted by Crippen LogP contribution is -2.24. The van der Waals surface area contributed by atoms with Crippen LogP contribution in [0.1, 0.15) is 32.3 Å². The zero-order valence-corrected chi connectivity index (χ0v) is 11.2. The molecule has 1 rings (SSSR count). The fourth-order valence-corrected chi connectivity index (χ4v) is 1.67. The van der Waals surface area contributed by atoms with Crippen molar-refractivity contribution in [1.29, 1.82) is 0 Å². The van der Waals surface area contributed by atoms with Crippen molar-refractivity contribution in [3.8, 4) is 0 Å². The Morgan fingerprint density at radius 2 is 2.06 bits per heavy atom. The molecule has 0 aromatic heterocycles. The maximum atomic E-state index is 13.1. The molecule has 0 aliphatic carbocycles. The third kappa shape index (κ3) is 5.77. The van der Waals surface area contributed by atoms with Gasteiger partial charge < -0.3 is 10.6 Å². The maximum Gasteiger partial charge on any atom is 0.224 e. The van der Waals surface area contributed by atoms with E-state index in [0.717, 1.165) is 18.5 Å². The molecule has 0 saturated carbocycles. The molecule has 0 fully saturated rings. The Morgan fingerprint density at radius 1 is 1.33 bits per heavy atom. The van der Waals surface area contributed by atoms with E-state index >= 15 is 0 Å². The summed E-state index contributed by atoms with van der Waals surface area (Å²) in [5, 5.41) is 5.95. The van der Waals surface area contributed by atoms with E-state index in [1.165, 1.54) is 12.1 Å². The lowest BCUT2D eigenvalue weighted by molar-refractivity contribution is -0.116. The van der Waals surface area contributed by atoms with Gasteiger partial charge in [-0.05, 0) is 43.7 Å². The Bertz CT molecular complexity index is 385. The van der Waals surface area contributed by atoms with Gasteiger partial charge in [0.15, 0.2) is 0 Å². The molecule has 1 amide bonds. The first-order chi connectivity index (χ1) is 8.47. The smallest absolute Gasteiger partial charge is 0.224 e. The Labute approximate surface area is 108 Å². The molecule has 2 N–H and O–H groups in total. The highest BCUT2D eigenvalue weighted by Gasteiger charge is 2.04. The minimum absolute atomic E-state index is 0.0782. The quantitative estimate of drug-likeness (QED) is 0.764. The summed E-state index contributed by atoms with van der Waals surface area (Å²) in [5.74, 6) is -0.405. The molecule has 1 aromatic carbocycles. The summed E-state index contributed by atoms with van der Waals surface area (Å²) in [4.78, 5) is 11.6. The molecule has 3 nitrogen and oxygen atoms in total. The number of carbonyl (C=O) groups excluding carboxylic acids is 1. The number of aryl methyl sites for hydroxylation is 1. The average Bonchev–Trinajstić information content (AvgIpc) is 2.22. The Kier molecular flexibility index (Phi) is 5.78. The van der Waals surface area contributed by atoms with E-state index in [0.29, 0.717) is 18.2 Å². The number of rotatable bonds is 6. The highest BCUT2D eigenvalue weighted by Crippen LogP contribution is 2.13. The Morgan fingerprint density at radius 3 is 2.67 bits per heavy atom. The van der Waals surface area contributed by atoms with Crippen molar-refractivity contribution in [1.82, 2.24) is 5.32 Å². The number of hydrogen-bond acceptors (Lipinski definition) is 2. The van der Waals surface area contributed by atoms with Crippen molar-refractivity contribution in [2.45, 2.75) is 39.7 Å². The predicted molar refractivity (Wildman–Crippen MR) is 72.1 cm³/mol. The van der Waals surface area contributed by atoms with Crippen molar-refractivity contribution in [3.05, 3.63) is 29.6 Å². The molecule has 0 aliphatic rings. The fourth-order valence-electron chi connectivity index (χ4n) is 1.67. The number of hydrogen-bond donors (Lipinski definition) is 2. The van der Waals surface area contributed by atoms with Gasteiger partial charge in [0.25, 0.3) is 0 Å². The molecule has 0 heterocycles. The Balaban J connectivity index is 2.35. The molecule has 18 heavy (non-hydrogen) atoms. The molecular weight excluding hydrogens is 231 g/mol. The number of carbonyl (C=O) groups is 1. The molecule has 0 bridgehead atoms. The van der Waals surface area contributed by atoms with E-state index in [1.54, 1.807) is 13.0 Å². The fraction of sp³-hybridized carbons (Fsp3) is 0.500. The van der Waals surface area contributed by atoms with E-state index in [1.807, 2.05) is 0 Å². The van der Waals surface area contributed by atoms with Crippen LogP contribution in [0.2, 0.25) is 0 Å². The van der Waals surface area contributed by atoms with Crippen LogP contribution in [0.25, 0.3) is 0 Å². The molecule has 0 radical (unpaired) electrons.